The summed E-state index contributed by atoms with van der Waals surface area (Å²) in [7, 11) is 0. The van der Waals surface area contributed by atoms with E-state index in [9.17, 15) is 4.79 Å². The standard InChI is InChI=1S/C8H17N3O/c1-2-3-4-11-5-6(9)7(10)8(11)12/h6-7H,2-5,9-10H2,1H3. The van der Waals surface area contributed by atoms with Gasteiger partial charge in [-0.1, -0.05) is 13.3 Å². The molecule has 0 spiro atoms. The molecule has 0 aromatic carbocycles. The minimum absolute atomic E-state index is 0.0101. The van der Waals surface area contributed by atoms with Gasteiger partial charge in [-0.3, -0.25) is 4.79 Å². The maximum atomic E-state index is 11.3. The van der Waals surface area contributed by atoms with E-state index in [2.05, 4.69) is 6.92 Å². The lowest BCUT2D eigenvalue weighted by atomic mass is 10.2. The molecule has 2 atom stereocenters. The molecule has 70 valence electrons. The fraction of sp³-hybridized carbons (Fsp3) is 0.875. The molecule has 2 unspecified atom stereocenters. The summed E-state index contributed by atoms with van der Waals surface area (Å²) >= 11 is 0. The highest BCUT2D eigenvalue weighted by Gasteiger charge is 2.34. The lowest BCUT2D eigenvalue weighted by molar-refractivity contribution is -0.128. The Labute approximate surface area is 72.9 Å². The average molecular weight is 171 g/mol. The smallest absolute Gasteiger partial charge is 0.241 e. The minimum Gasteiger partial charge on any atom is -0.340 e. The molecular weight excluding hydrogens is 154 g/mol. The number of carbonyl (C=O) groups excluding carboxylic acids is 1. The topological polar surface area (TPSA) is 72.3 Å². The van der Waals surface area contributed by atoms with Gasteiger partial charge >= 0.3 is 0 Å². The zero-order valence-corrected chi connectivity index (χ0v) is 7.49. The molecule has 1 amide bonds. The number of carbonyl (C=O) groups is 1. The van der Waals surface area contributed by atoms with Crippen molar-refractivity contribution < 1.29 is 4.79 Å². The predicted molar refractivity (Wildman–Crippen MR) is 47.4 cm³/mol. The van der Waals surface area contributed by atoms with Crippen LogP contribution in [0.5, 0.6) is 0 Å². The molecule has 1 aliphatic rings. The maximum Gasteiger partial charge on any atom is 0.241 e. The van der Waals surface area contributed by atoms with Gasteiger partial charge in [-0.25, -0.2) is 0 Å². The molecular formula is C8H17N3O. The molecule has 1 fully saturated rings. The van der Waals surface area contributed by atoms with Crippen molar-refractivity contribution >= 4 is 5.91 Å². The number of amides is 1. The summed E-state index contributed by atoms with van der Waals surface area (Å²) in [5.41, 5.74) is 11.2. The van der Waals surface area contributed by atoms with Crippen molar-refractivity contribution in [1.82, 2.24) is 4.90 Å². The third-order valence-corrected chi connectivity index (χ3v) is 2.27. The average Bonchev–Trinajstić information content (AvgIpc) is 2.30. The van der Waals surface area contributed by atoms with E-state index in [1.807, 2.05) is 0 Å². The van der Waals surface area contributed by atoms with Gasteiger partial charge in [0.05, 0.1) is 0 Å². The Morgan fingerprint density at radius 2 is 2.25 bits per heavy atom. The van der Waals surface area contributed by atoms with Gasteiger partial charge in [0.15, 0.2) is 0 Å². The minimum atomic E-state index is -0.471. The van der Waals surface area contributed by atoms with Crippen molar-refractivity contribution in [2.24, 2.45) is 11.5 Å². The Balaban J connectivity index is 2.42. The van der Waals surface area contributed by atoms with Crippen molar-refractivity contribution in [3.8, 4) is 0 Å². The van der Waals surface area contributed by atoms with E-state index in [0.717, 1.165) is 19.4 Å². The van der Waals surface area contributed by atoms with E-state index < -0.39 is 6.04 Å². The number of nitrogens with two attached hydrogens (primary N) is 2. The summed E-state index contributed by atoms with van der Waals surface area (Å²) in [6.45, 7) is 3.52. The van der Waals surface area contributed by atoms with Crippen LogP contribution < -0.4 is 11.5 Å². The second-order valence-electron chi connectivity index (χ2n) is 3.33. The van der Waals surface area contributed by atoms with Crippen LogP contribution in [-0.4, -0.2) is 36.0 Å². The molecule has 0 aromatic rings. The van der Waals surface area contributed by atoms with Crippen LogP contribution in [0.4, 0.5) is 0 Å². The molecule has 1 heterocycles. The zero-order chi connectivity index (χ0) is 9.14. The summed E-state index contributed by atoms with van der Waals surface area (Å²) < 4.78 is 0. The van der Waals surface area contributed by atoms with Crippen LogP contribution in [0.2, 0.25) is 0 Å². The van der Waals surface area contributed by atoms with Crippen molar-refractivity contribution in [2.45, 2.75) is 31.8 Å². The molecule has 0 radical (unpaired) electrons. The summed E-state index contributed by atoms with van der Waals surface area (Å²) in [5.74, 6) is 0.0101. The van der Waals surface area contributed by atoms with Gasteiger partial charge < -0.3 is 16.4 Å². The lowest BCUT2D eigenvalue weighted by Crippen LogP contribution is -2.42. The molecule has 1 saturated heterocycles. The van der Waals surface area contributed by atoms with E-state index in [1.54, 1.807) is 4.90 Å². The van der Waals surface area contributed by atoms with Crippen LogP contribution in [0.25, 0.3) is 0 Å². The van der Waals surface area contributed by atoms with E-state index in [-0.39, 0.29) is 11.9 Å². The molecule has 4 heteroatoms. The third-order valence-electron chi connectivity index (χ3n) is 2.27. The van der Waals surface area contributed by atoms with E-state index >= 15 is 0 Å². The second-order valence-corrected chi connectivity index (χ2v) is 3.33. The van der Waals surface area contributed by atoms with Crippen molar-refractivity contribution in [1.29, 1.82) is 0 Å². The SMILES string of the molecule is CCCCN1CC(N)C(N)C1=O. The van der Waals surface area contributed by atoms with E-state index in [0.29, 0.717) is 6.54 Å². The number of rotatable bonds is 3. The van der Waals surface area contributed by atoms with Crippen LogP contribution in [0.1, 0.15) is 19.8 Å². The van der Waals surface area contributed by atoms with Crippen molar-refractivity contribution in [3.05, 3.63) is 0 Å². The third kappa shape index (κ3) is 1.76. The van der Waals surface area contributed by atoms with Gasteiger partial charge in [-0.2, -0.15) is 0 Å². The number of nitrogens with zero attached hydrogens (tertiary/aromatic N) is 1. The summed E-state index contributed by atoms with van der Waals surface area (Å²) in [4.78, 5) is 13.1. The molecule has 4 nitrogen and oxygen atoms in total. The Kier molecular flexibility index (Phi) is 3.05. The van der Waals surface area contributed by atoms with Gasteiger partial charge in [-0.15, -0.1) is 0 Å². The van der Waals surface area contributed by atoms with E-state index in [1.165, 1.54) is 0 Å². The van der Waals surface area contributed by atoms with Gasteiger partial charge in [-0.05, 0) is 6.42 Å². The summed E-state index contributed by atoms with van der Waals surface area (Å²) in [5, 5.41) is 0. The normalized spacial score (nSPS) is 29.9. The van der Waals surface area contributed by atoms with Crippen molar-refractivity contribution in [3.63, 3.8) is 0 Å². The Bertz CT molecular complexity index is 172. The molecule has 0 saturated carbocycles. The molecule has 12 heavy (non-hydrogen) atoms. The Morgan fingerprint density at radius 3 is 2.67 bits per heavy atom. The largest absolute Gasteiger partial charge is 0.340 e. The van der Waals surface area contributed by atoms with E-state index in [4.69, 9.17) is 11.5 Å². The van der Waals surface area contributed by atoms with Gasteiger partial charge in [0.1, 0.15) is 6.04 Å². The first-order valence-corrected chi connectivity index (χ1v) is 4.46. The Morgan fingerprint density at radius 1 is 1.58 bits per heavy atom. The quantitative estimate of drug-likeness (QED) is 0.589. The Hall–Kier alpha value is -0.610. The second kappa shape index (κ2) is 3.87. The first-order chi connectivity index (χ1) is 5.66. The van der Waals surface area contributed by atoms with Gasteiger partial charge in [0.25, 0.3) is 0 Å². The molecule has 0 aliphatic carbocycles. The first kappa shape index (κ1) is 9.48. The number of hydrogen-bond acceptors (Lipinski definition) is 3. The van der Waals surface area contributed by atoms with Gasteiger partial charge in [0.2, 0.25) is 5.91 Å². The first-order valence-electron chi connectivity index (χ1n) is 4.46. The number of hydrogen-bond donors (Lipinski definition) is 2. The van der Waals surface area contributed by atoms with Crippen LogP contribution in [-0.2, 0) is 4.79 Å². The summed E-state index contributed by atoms with van der Waals surface area (Å²) in [6.07, 6.45) is 2.12. The maximum absolute atomic E-state index is 11.3. The molecule has 1 rings (SSSR count). The molecule has 0 aromatic heterocycles. The van der Waals surface area contributed by atoms with Gasteiger partial charge in [0, 0.05) is 19.1 Å². The molecule has 1 aliphatic heterocycles. The van der Waals surface area contributed by atoms with Crippen molar-refractivity contribution in [2.75, 3.05) is 13.1 Å². The summed E-state index contributed by atoms with van der Waals surface area (Å²) in [6, 6.07) is -0.642. The monoisotopic (exact) mass is 171 g/mol. The molecule has 0 bridgehead atoms. The highest BCUT2D eigenvalue weighted by Crippen LogP contribution is 2.09. The predicted octanol–water partition coefficient (Wildman–Crippen LogP) is -0.717. The highest BCUT2D eigenvalue weighted by atomic mass is 16.2. The van der Waals surface area contributed by atoms with Crippen LogP contribution in [0.3, 0.4) is 0 Å². The van der Waals surface area contributed by atoms with Crippen LogP contribution in [0.15, 0.2) is 0 Å². The highest BCUT2D eigenvalue weighted by molar-refractivity contribution is 5.84. The zero-order valence-electron chi connectivity index (χ0n) is 7.49. The fourth-order valence-corrected chi connectivity index (χ4v) is 1.40. The van der Waals surface area contributed by atoms with Crippen LogP contribution >= 0.6 is 0 Å². The number of unbranched alkanes of at least 4 members (excludes halogenated alkanes) is 1. The lowest BCUT2D eigenvalue weighted by Gasteiger charge is -2.14. The fourth-order valence-electron chi connectivity index (χ4n) is 1.40. The molecule has 4 N–H and O–H groups in total. The van der Waals surface area contributed by atoms with Crippen LogP contribution in [0, 0.1) is 0 Å². The number of likely N-dealkylation sites (tertiary alicyclic amines) is 1.